The van der Waals surface area contributed by atoms with Crippen LogP contribution in [-0.2, 0) is 22.4 Å². The van der Waals surface area contributed by atoms with Crippen LogP contribution in [0.4, 0.5) is 5.69 Å². The standard InChI is InChI=1S/C18H24N4O2S/c1-3-12-7-5-8-13(4-2)16(12)19-15(23)11-25-18-20-17(21-22-18)14-9-6-10-24-14/h5,7-8,14H,3-4,6,9-11H2,1-2H3,(H,19,23)(H,20,21,22)/t14-/m1/s1. The minimum atomic E-state index is -0.0379. The van der Waals surface area contributed by atoms with E-state index in [4.69, 9.17) is 4.74 Å². The molecule has 1 aromatic carbocycles. The number of hydrogen-bond acceptors (Lipinski definition) is 5. The number of hydrogen-bond donors (Lipinski definition) is 2. The van der Waals surface area contributed by atoms with Gasteiger partial charge in [-0.05, 0) is 36.8 Å². The number of aromatic nitrogens is 3. The molecular formula is C18H24N4O2S. The van der Waals surface area contributed by atoms with Crippen LogP contribution in [0.2, 0.25) is 0 Å². The third-order valence-corrected chi connectivity index (χ3v) is 5.16. The number of anilines is 1. The molecule has 0 unspecified atom stereocenters. The summed E-state index contributed by atoms with van der Waals surface area (Å²) < 4.78 is 5.59. The predicted molar refractivity (Wildman–Crippen MR) is 98.9 cm³/mol. The fourth-order valence-corrected chi connectivity index (χ4v) is 3.57. The SMILES string of the molecule is CCc1cccc(CC)c1NC(=O)CSc1n[nH]c([C@H]2CCCO2)n1. The van der Waals surface area contributed by atoms with Gasteiger partial charge in [0.1, 0.15) is 6.10 Å². The zero-order valence-corrected chi connectivity index (χ0v) is 15.5. The highest BCUT2D eigenvalue weighted by Crippen LogP contribution is 2.27. The van der Waals surface area contributed by atoms with Crippen molar-refractivity contribution in [2.24, 2.45) is 0 Å². The van der Waals surface area contributed by atoms with Gasteiger partial charge in [-0.15, -0.1) is 5.10 Å². The van der Waals surface area contributed by atoms with Crippen molar-refractivity contribution in [3.63, 3.8) is 0 Å². The van der Waals surface area contributed by atoms with Crippen LogP contribution >= 0.6 is 11.8 Å². The Hall–Kier alpha value is -1.86. The van der Waals surface area contributed by atoms with E-state index in [2.05, 4.69) is 46.5 Å². The highest BCUT2D eigenvalue weighted by molar-refractivity contribution is 7.99. The molecule has 1 aliphatic heterocycles. The van der Waals surface area contributed by atoms with Gasteiger partial charge in [-0.3, -0.25) is 9.89 Å². The van der Waals surface area contributed by atoms with Crippen molar-refractivity contribution >= 4 is 23.4 Å². The molecule has 0 spiro atoms. The van der Waals surface area contributed by atoms with Crippen LogP contribution in [0.1, 0.15) is 49.7 Å². The van der Waals surface area contributed by atoms with Gasteiger partial charge in [0.25, 0.3) is 0 Å². The first-order chi connectivity index (χ1) is 12.2. The molecule has 134 valence electrons. The van der Waals surface area contributed by atoms with Crippen molar-refractivity contribution in [3.8, 4) is 0 Å². The fourth-order valence-electron chi connectivity index (χ4n) is 2.97. The number of rotatable bonds is 7. The van der Waals surface area contributed by atoms with Crippen LogP contribution in [0.5, 0.6) is 0 Å². The molecule has 0 saturated carbocycles. The molecule has 1 aromatic heterocycles. The van der Waals surface area contributed by atoms with Gasteiger partial charge in [-0.1, -0.05) is 43.8 Å². The van der Waals surface area contributed by atoms with Crippen molar-refractivity contribution < 1.29 is 9.53 Å². The predicted octanol–water partition coefficient (Wildman–Crippen LogP) is 3.51. The first kappa shape index (κ1) is 17.9. The Bertz CT molecular complexity index is 703. The number of nitrogens with zero attached hydrogens (tertiary/aromatic N) is 2. The highest BCUT2D eigenvalue weighted by Gasteiger charge is 2.21. The lowest BCUT2D eigenvalue weighted by Crippen LogP contribution is -2.16. The molecule has 1 saturated heterocycles. The number of carbonyl (C=O) groups excluding carboxylic acids is 1. The number of nitrogens with one attached hydrogen (secondary N) is 2. The second-order valence-corrected chi connectivity index (χ2v) is 6.94. The van der Waals surface area contributed by atoms with Crippen molar-refractivity contribution in [1.82, 2.24) is 15.2 Å². The van der Waals surface area contributed by atoms with Gasteiger partial charge >= 0.3 is 0 Å². The summed E-state index contributed by atoms with van der Waals surface area (Å²) >= 11 is 1.33. The van der Waals surface area contributed by atoms with Crippen LogP contribution < -0.4 is 5.32 Å². The molecule has 3 rings (SSSR count). The van der Waals surface area contributed by atoms with Gasteiger partial charge in [-0.25, -0.2) is 4.98 Å². The summed E-state index contributed by atoms with van der Waals surface area (Å²) in [5.74, 6) is 0.998. The maximum Gasteiger partial charge on any atom is 0.234 e. The number of aromatic amines is 1. The Balaban J connectivity index is 1.58. The van der Waals surface area contributed by atoms with E-state index in [1.54, 1.807) is 0 Å². The van der Waals surface area contributed by atoms with Gasteiger partial charge in [0, 0.05) is 12.3 Å². The van der Waals surface area contributed by atoms with Crippen molar-refractivity contribution in [3.05, 3.63) is 35.2 Å². The molecule has 1 aliphatic rings. The summed E-state index contributed by atoms with van der Waals surface area (Å²) in [6.45, 7) is 4.96. The monoisotopic (exact) mass is 360 g/mol. The lowest BCUT2D eigenvalue weighted by Gasteiger charge is -2.14. The summed E-state index contributed by atoms with van der Waals surface area (Å²) in [7, 11) is 0. The van der Waals surface area contributed by atoms with E-state index in [1.165, 1.54) is 11.8 Å². The van der Waals surface area contributed by atoms with Crippen molar-refractivity contribution in [1.29, 1.82) is 0 Å². The maximum absolute atomic E-state index is 12.4. The average molecular weight is 360 g/mol. The molecule has 1 atom stereocenters. The second kappa shape index (κ2) is 8.49. The fraction of sp³-hybridized carbons (Fsp3) is 0.500. The molecule has 2 aromatic rings. The van der Waals surface area contributed by atoms with E-state index in [0.29, 0.717) is 5.16 Å². The Morgan fingerprint density at radius 2 is 2.12 bits per heavy atom. The van der Waals surface area contributed by atoms with Crippen LogP contribution in [0.25, 0.3) is 0 Å². The first-order valence-corrected chi connectivity index (χ1v) is 9.77. The molecule has 6 nitrogen and oxygen atoms in total. The Morgan fingerprint density at radius 1 is 1.36 bits per heavy atom. The van der Waals surface area contributed by atoms with Gasteiger partial charge in [0.2, 0.25) is 11.1 Å². The summed E-state index contributed by atoms with van der Waals surface area (Å²) in [5.41, 5.74) is 3.28. The second-order valence-electron chi connectivity index (χ2n) is 6.00. The van der Waals surface area contributed by atoms with Gasteiger partial charge < -0.3 is 10.1 Å². The minimum Gasteiger partial charge on any atom is -0.370 e. The molecule has 7 heteroatoms. The summed E-state index contributed by atoms with van der Waals surface area (Å²) in [5, 5.41) is 10.7. The smallest absolute Gasteiger partial charge is 0.234 e. The number of thioether (sulfide) groups is 1. The van der Waals surface area contributed by atoms with E-state index in [1.807, 2.05) is 6.07 Å². The first-order valence-electron chi connectivity index (χ1n) is 8.78. The Labute approximate surface area is 152 Å². The van der Waals surface area contributed by atoms with E-state index in [-0.39, 0.29) is 17.8 Å². The number of carbonyl (C=O) groups is 1. The molecule has 25 heavy (non-hydrogen) atoms. The van der Waals surface area contributed by atoms with Crippen molar-refractivity contribution in [2.75, 3.05) is 17.7 Å². The van der Waals surface area contributed by atoms with E-state index in [0.717, 1.165) is 54.9 Å². The zero-order chi connectivity index (χ0) is 17.6. The number of ether oxygens (including phenoxy) is 1. The molecule has 2 heterocycles. The Morgan fingerprint density at radius 3 is 2.76 bits per heavy atom. The maximum atomic E-state index is 12.4. The number of aryl methyl sites for hydroxylation is 2. The highest BCUT2D eigenvalue weighted by atomic mass is 32.2. The summed E-state index contributed by atoms with van der Waals surface area (Å²) in [4.78, 5) is 16.8. The topological polar surface area (TPSA) is 79.9 Å². The van der Waals surface area contributed by atoms with Crippen LogP contribution in [0.15, 0.2) is 23.4 Å². The van der Waals surface area contributed by atoms with Gasteiger partial charge in [0.05, 0.1) is 5.75 Å². The summed E-state index contributed by atoms with van der Waals surface area (Å²) in [6.07, 6.45) is 3.81. The number of para-hydroxylation sites is 1. The van der Waals surface area contributed by atoms with Crippen molar-refractivity contribution in [2.45, 2.75) is 50.8 Å². The lowest BCUT2D eigenvalue weighted by molar-refractivity contribution is -0.113. The third-order valence-electron chi connectivity index (χ3n) is 4.31. The third kappa shape index (κ3) is 4.41. The molecule has 2 N–H and O–H groups in total. The van der Waals surface area contributed by atoms with E-state index < -0.39 is 0 Å². The van der Waals surface area contributed by atoms with E-state index in [9.17, 15) is 4.79 Å². The normalized spacial score (nSPS) is 17.0. The largest absolute Gasteiger partial charge is 0.370 e. The molecule has 0 radical (unpaired) electrons. The molecule has 1 amide bonds. The average Bonchev–Trinajstić information content (AvgIpc) is 3.31. The molecule has 0 bridgehead atoms. The van der Waals surface area contributed by atoms with Gasteiger partial charge in [-0.2, -0.15) is 0 Å². The Kier molecular flexibility index (Phi) is 6.09. The lowest BCUT2D eigenvalue weighted by atomic mass is 10.0. The summed E-state index contributed by atoms with van der Waals surface area (Å²) in [6, 6.07) is 6.17. The molecule has 0 aliphatic carbocycles. The zero-order valence-electron chi connectivity index (χ0n) is 14.7. The quantitative estimate of drug-likeness (QED) is 0.739. The molecular weight excluding hydrogens is 336 g/mol. The van der Waals surface area contributed by atoms with E-state index >= 15 is 0 Å². The minimum absolute atomic E-state index is 0.0132. The van der Waals surface area contributed by atoms with Crippen LogP contribution in [0, 0.1) is 0 Å². The number of amides is 1. The van der Waals surface area contributed by atoms with Crippen LogP contribution in [-0.4, -0.2) is 33.4 Å². The molecule has 1 fully saturated rings. The van der Waals surface area contributed by atoms with Gasteiger partial charge in [0.15, 0.2) is 5.82 Å². The van der Waals surface area contributed by atoms with Crippen LogP contribution in [0.3, 0.4) is 0 Å². The number of benzene rings is 1. The number of H-pyrrole nitrogens is 1.